The van der Waals surface area contributed by atoms with E-state index in [4.69, 9.17) is 5.73 Å². The van der Waals surface area contributed by atoms with E-state index in [0.29, 0.717) is 5.69 Å². The van der Waals surface area contributed by atoms with Crippen molar-refractivity contribution in [1.29, 1.82) is 0 Å². The Balaban J connectivity index is 1.63. The van der Waals surface area contributed by atoms with Gasteiger partial charge in [0.1, 0.15) is 17.6 Å². The van der Waals surface area contributed by atoms with Gasteiger partial charge in [-0.1, -0.05) is 0 Å². The van der Waals surface area contributed by atoms with Crippen molar-refractivity contribution >= 4 is 34.8 Å². The molecule has 30 heavy (non-hydrogen) atoms. The summed E-state index contributed by atoms with van der Waals surface area (Å²) in [5.74, 6) is -4.81. The molecule has 3 rings (SSSR count). The van der Waals surface area contributed by atoms with Gasteiger partial charge in [0.15, 0.2) is 11.6 Å². The van der Waals surface area contributed by atoms with Crippen molar-refractivity contribution in [1.82, 2.24) is 5.32 Å². The van der Waals surface area contributed by atoms with Gasteiger partial charge in [0.2, 0.25) is 11.8 Å². The van der Waals surface area contributed by atoms with E-state index in [1.807, 2.05) is 0 Å². The molecule has 1 aliphatic heterocycles. The molecule has 2 aromatic carbocycles. The number of nitrogens with zero attached hydrogens (tertiary/aromatic N) is 2. The summed E-state index contributed by atoms with van der Waals surface area (Å²) in [5.41, 5.74) is 5.69. The third-order valence-corrected chi connectivity index (χ3v) is 4.20. The molecule has 3 amide bonds. The molecule has 0 spiro atoms. The average Bonchev–Trinajstić information content (AvgIpc) is 3.15. The number of hydrogen-bond donors (Lipinski definition) is 3. The van der Waals surface area contributed by atoms with E-state index < -0.39 is 47.8 Å². The van der Waals surface area contributed by atoms with Gasteiger partial charge in [-0.3, -0.25) is 19.4 Å². The number of hydrazone groups is 1. The zero-order chi connectivity index (χ0) is 21.8. The number of benzene rings is 2. The first-order valence-corrected chi connectivity index (χ1v) is 8.69. The van der Waals surface area contributed by atoms with Crippen LogP contribution in [0.15, 0.2) is 47.6 Å². The number of anilines is 2. The molecule has 2 aromatic rings. The highest BCUT2D eigenvalue weighted by molar-refractivity contribution is 6.40. The van der Waals surface area contributed by atoms with Gasteiger partial charge < -0.3 is 16.4 Å². The summed E-state index contributed by atoms with van der Waals surface area (Å²) in [6, 6.07) is 6.96. The summed E-state index contributed by atoms with van der Waals surface area (Å²) in [4.78, 5) is 36.0. The van der Waals surface area contributed by atoms with Crippen molar-refractivity contribution in [2.45, 2.75) is 12.5 Å². The molecule has 0 saturated carbocycles. The lowest BCUT2D eigenvalue weighted by molar-refractivity contribution is -0.120. The topological polar surface area (TPSA) is 117 Å². The molecule has 0 bridgehead atoms. The number of nitrogens with two attached hydrogens (primary N) is 1. The minimum absolute atomic E-state index is 0.0163. The van der Waals surface area contributed by atoms with Gasteiger partial charge in [0, 0.05) is 18.2 Å². The number of primary amides is 1. The third-order valence-electron chi connectivity index (χ3n) is 4.20. The summed E-state index contributed by atoms with van der Waals surface area (Å²) < 4.78 is 39.2. The first-order chi connectivity index (χ1) is 14.2. The molecule has 11 heteroatoms. The van der Waals surface area contributed by atoms with Crippen LogP contribution in [0.3, 0.4) is 0 Å². The van der Waals surface area contributed by atoms with Gasteiger partial charge in [0.05, 0.1) is 12.2 Å². The molecule has 1 heterocycles. The number of hydrogen-bond acceptors (Lipinski definition) is 5. The Kier molecular flexibility index (Phi) is 6.00. The minimum Gasteiger partial charge on any atom is -0.368 e. The molecule has 0 aliphatic carbocycles. The van der Waals surface area contributed by atoms with Crippen LogP contribution < -0.4 is 21.4 Å². The maximum Gasteiger partial charge on any atom is 0.268 e. The van der Waals surface area contributed by atoms with E-state index in [1.54, 1.807) is 0 Å². The molecule has 156 valence electrons. The van der Waals surface area contributed by atoms with Crippen LogP contribution in [0.4, 0.5) is 24.5 Å². The molecule has 0 aromatic heterocycles. The fourth-order valence-electron chi connectivity index (χ4n) is 2.74. The second-order valence-electron chi connectivity index (χ2n) is 6.35. The summed E-state index contributed by atoms with van der Waals surface area (Å²) in [7, 11) is 0. The predicted octanol–water partition coefficient (Wildman–Crippen LogP) is 1.28. The van der Waals surface area contributed by atoms with E-state index in [2.05, 4.69) is 15.7 Å². The van der Waals surface area contributed by atoms with Crippen LogP contribution >= 0.6 is 0 Å². The Morgan fingerprint density at radius 3 is 2.40 bits per heavy atom. The van der Waals surface area contributed by atoms with Crippen molar-refractivity contribution in [3.8, 4) is 0 Å². The number of nitrogens with one attached hydrogen (secondary N) is 2. The third kappa shape index (κ3) is 4.74. The molecule has 1 aliphatic rings. The summed E-state index contributed by atoms with van der Waals surface area (Å²) in [6.45, 7) is -0.478. The fourth-order valence-corrected chi connectivity index (χ4v) is 2.74. The van der Waals surface area contributed by atoms with Crippen molar-refractivity contribution in [3.63, 3.8) is 0 Å². The minimum atomic E-state index is -1.13. The highest BCUT2D eigenvalue weighted by Gasteiger charge is 2.35. The van der Waals surface area contributed by atoms with Crippen molar-refractivity contribution < 1.29 is 27.6 Å². The maximum absolute atomic E-state index is 13.2. The monoisotopic (exact) mass is 419 g/mol. The van der Waals surface area contributed by atoms with Crippen LogP contribution in [-0.2, 0) is 14.4 Å². The quantitative estimate of drug-likeness (QED) is 0.654. The normalized spacial score (nSPS) is 15.5. The molecular weight excluding hydrogens is 403 g/mol. The van der Waals surface area contributed by atoms with E-state index in [0.717, 1.165) is 18.2 Å². The SMILES string of the molecule is NC(=O)C1CC(C(=O)NCC(=O)Nc2ccc(F)c(F)c2)=NN1c1ccc(F)cc1. The van der Waals surface area contributed by atoms with Crippen LogP contribution in [0, 0.1) is 17.5 Å². The first-order valence-electron chi connectivity index (χ1n) is 8.69. The molecule has 1 unspecified atom stereocenters. The summed E-state index contributed by atoms with van der Waals surface area (Å²) in [6.07, 6.45) is -0.108. The molecule has 0 radical (unpaired) electrons. The van der Waals surface area contributed by atoms with Crippen LogP contribution in [0.25, 0.3) is 0 Å². The van der Waals surface area contributed by atoms with Gasteiger partial charge in [-0.05, 0) is 36.4 Å². The van der Waals surface area contributed by atoms with Crippen LogP contribution in [0.2, 0.25) is 0 Å². The van der Waals surface area contributed by atoms with Gasteiger partial charge in [0.25, 0.3) is 5.91 Å². The largest absolute Gasteiger partial charge is 0.368 e. The number of halogens is 3. The van der Waals surface area contributed by atoms with Crippen LogP contribution in [0.5, 0.6) is 0 Å². The van der Waals surface area contributed by atoms with Crippen molar-refractivity contribution in [2.24, 2.45) is 10.8 Å². The highest BCUT2D eigenvalue weighted by atomic mass is 19.2. The molecule has 1 atom stereocenters. The second-order valence-corrected chi connectivity index (χ2v) is 6.35. The fraction of sp³-hybridized carbons (Fsp3) is 0.158. The van der Waals surface area contributed by atoms with Gasteiger partial charge >= 0.3 is 0 Å². The molecule has 4 N–H and O–H groups in total. The lowest BCUT2D eigenvalue weighted by atomic mass is 10.1. The zero-order valence-electron chi connectivity index (χ0n) is 15.4. The highest BCUT2D eigenvalue weighted by Crippen LogP contribution is 2.24. The van der Waals surface area contributed by atoms with Gasteiger partial charge in [-0.15, -0.1) is 0 Å². The van der Waals surface area contributed by atoms with Crippen molar-refractivity contribution in [2.75, 3.05) is 16.9 Å². The Morgan fingerprint density at radius 2 is 1.77 bits per heavy atom. The Bertz CT molecular complexity index is 1030. The van der Waals surface area contributed by atoms with E-state index >= 15 is 0 Å². The standard InChI is InChI=1S/C19H16F3N5O3/c20-10-1-4-12(5-2-10)27-16(18(23)29)8-15(26-27)19(30)24-9-17(28)25-11-3-6-13(21)14(22)7-11/h1-7,16H,8-9H2,(H2,23,29)(H,24,30)(H,25,28). The molecule has 0 fully saturated rings. The Morgan fingerprint density at radius 1 is 1.07 bits per heavy atom. The molecular formula is C19H16F3N5O3. The average molecular weight is 419 g/mol. The van der Waals surface area contributed by atoms with Crippen LogP contribution in [-0.4, -0.2) is 36.0 Å². The van der Waals surface area contributed by atoms with E-state index in [9.17, 15) is 27.6 Å². The number of carbonyl (C=O) groups excluding carboxylic acids is 3. The number of carbonyl (C=O) groups is 3. The van der Waals surface area contributed by atoms with Crippen LogP contribution in [0.1, 0.15) is 6.42 Å². The maximum atomic E-state index is 13.2. The van der Waals surface area contributed by atoms with Gasteiger partial charge in [-0.25, -0.2) is 13.2 Å². The van der Waals surface area contributed by atoms with E-state index in [-0.39, 0.29) is 17.8 Å². The first kappa shape index (κ1) is 20.8. The molecule has 0 saturated heterocycles. The van der Waals surface area contributed by atoms with E-state index in [1.165, 1.54) is 29.3 Å². The second kappa shape index (κ2) is 8.64. The lowest BCUT2D eigenvalue weighted by Gasteiger charge is -2.20. The summed E-state index contributed by atoms with van der Waals surface area (Å²) >= 11 is 0. The summed E-state index contributed by atoms with van der Waals surface area (Å²) in [5, 5.41) is 9.90. The smallest absolute Gasteiger partial charge is 0.268 e. The zero-order valence-corrected chi connectivity index (χ0v) is 15.4. The number of amides is 3. The Labute approximate surface area is 168 Å². The molecule has 8 nitrogen and oxygen atoms in total. The Hall–Kier alpha value is -3.89. The van der Waals surface area contributed by atoms with Crippen molar-refractivity contribution in [3.05, 3.63) is 59.9 Å². The predicted molar refractivity (Wildman–Crippen MR) is 102 cm³/mol. The lowest BCUT2D eigenvalue weighted by Crippen LogP contribution is -2.40. The number of rotatable bonds is 6. The van der Waals surface area contributed by atoms with Gasteiger partial charge in [-0.2, -0.15) is 5.10 Å².